The fraction of sp³-hybridized carbons (Fsp3) is 0.300. The number of amides is 1. The minimum absolute atomic E-state index is 0.0333. The Morgan fingerprint density at radius 2 is 2.14 bits per heavy atom. The number of carbonyl (C=O) groups excluding carboxylic acids is 1. The molecule has 1 amide bonds. The molecular weight excluding hydrogens is 368 g/mol. The van der Waals surface area contributed by atoms with Gasteiger partial charge in [0.15, 0.2) is 5.96 Å². The van der Waals surface area contributed by atoms with Crippen molar-refractivity contribution < 1.29 is 4.79 Å². The van der Waals surface area contributed by atoms with Gasteiger partial charge >= 0.3 is 0 Å². The molecule has 0 bridgehead atoms. The molecule has 0 spiro atoms. The molecule has 9 heteroatoms. The summed E-state index contributed by atoms with van der Waals surface area (Å²) in [5.74, 6) is 0.746. The highest BCUT2D eigenvalue weighted by Gasteiger charge is 2.27. The lowest BCUT2D eigenvalue weighted by molar-refractivity contribution is -0.120. The Labute approximate surface area is 169 Å². The van der Waals surface area contributed by atoms with Gasteiger partial charge in [-0.3, -0.25) is 14.5 Å². The van der Waals surface area contributed by atoms with E-state index in [0.717, 1.165) is 16.9 Å². The van der Waals surface area contributed by atoms with Crippen molar-refractivity contribution in [2.24, 2.45) is 12.0 Å². The first-order chi connectivity index (χ1) is 14.2. The summed E-state index contributed by atoms with van der Waals surface area (Å²) in [4.78, 5) is 24.9. The second-order valence-corrected chi connectivity index (χ2v) is 6.84. The number of carbonyl (C=O) groups is 1. The number of guanidine groups is 1. The maximum absolute atomic E-state index is 12.7. The molecule has 3 heterocycles. The minimum atomic E-state index is 0.0333. The van der Waals surface area contributed by atoms with Crippen LogP contribution in [-0.4, -0.2) is 62.8 Å². The molecule has 2 aromatic heterocycles. The molecule has 150 valence electrons. The summed E-state index contributed by atoms with van der Waals surface area (Å²) < 4.78 is 3.68. The zero-order valence-corrected chi connectivity index (χ0v) is 16.6. The summed E-state index contributed by atoms with van der Waals surface area (Å²) in [6.07, 6.45) is 9.03. The molecule has 4 rings (SSSR count). The van der Waals surface area contributed by atoms with Gasteiger partial charge in [-0.05, 0) is 11.6 Å². The molecule has 9 nitrogen and oxygen atoms in total. The lowest BCUT2D eigenvalue weighted by Crippen LogP contribution is -2.55. The number of piperazine rings is 1. The molecule has 1 aliphatic rings. The number of rotatable bonds is 4. The zero-order chi connectivity index (χ0) is 20.2. The summed E-state index contributed by atoms with van der Waals surface area (Å²) in [5, 5.41) is 7.55. The lowest BCUT2D eigenvalue weighted by atomic mass is 10.1. The number of aryl methyl sites for hydroxylation is 1. The van der Waals surface area contributed by atoms with E-state index in [1.165, 1.54) is 0 Å². The van der Waals surface area contributed by atoms with Gasteiger partial charge in [-0.1, -0.05) is 18.2 Å². The minimum Gasteiger partial charge on any atom is -0.352 e. The fourth-order valence-corrected chi connectivity index (χ4v) is 3.50. The third-order valence-electron chi connectivity index (χ3n) is 4.95. The summed E-state index contributed by atoms with van der Waals surface area (Å²) in [7, 11) is 3.58. The zero-order valence-electron chi connectivity index (χ0n) is 16.6. The second kappa shape index (κ2) is 8.17. The van der Waals surface area contributed by atoms with E-state index in [4.69, 9.17) is 0 Å². The van der Waals surface area contributed by atoms with Crippen molar-refractivity contribution in [3.05, 3.63) is 60.9 Å². The Kier molecular flexibility index (Phi) is 5.28. The van der Waals surface area contributed by atoms with Crippen LogP contribution in [0.15, 0.2) is 60.4 Å². The summed E-state index contributed by atoms with van der Waals surface area (Å²) in [6, 6.07) is 8.14. The number of imidazole rings is 1. The molecule has 0 atom stereocenters. The van der Waals surface area contributed by atoms with Crippen LogP contribution in [0.3, 0.4) is 0 Å². The molecule has 3 aromatic rings. The van der Waals surface area contributed by atoms with Gasteiger partial charge in [-0.15, -0.1) is 0 Å². The normalized spacial score (nSPS) is 15.1. The average Bonchev–Trinajstić information content (AvgIpc) is 3.41. The number of aromatic nitrogens is 4. The van der Waals surface area contributed by atoms with Crippen LogP contribution in [0.1, 0.15) is 5.56 Å². The molecule has 1 aliphatic heterocycles. The van der Waals surface area contributed by atoms with E-state index in [1.54, 1.807) is 35.4 Å². The number of benzene rings is 1. The van der Waals surface area contributed by atoms with Crippen molar-refractivity contribution in [3.63, 3.8) is 0 Å². The molecule has 1 aromatic carbocycles. The van der Waals surface area contributed by atoms with Crippen LogP contribution >= 0.6 is 0 Å². The number of nitrogens with one attached hydrogen (secondary N) is 1. The SMILES string of the molecule is CN=C(NCc1ccccc1-n1ccnc1)N1CCN(c2cnn(C)c2)C(=O)C1. The van der Waals surface area contributed by atoms with E-state index >= 15 is 0 Å². The molecule has 0 radical (unpaired) electrons. The van der Waals surface area contributed by atoms with E-state index < -0.39 is 0 Å². The van der Waals surface area contributed by atoms with E-state index in [0.29, 0.717) is 25.6 Å². The van der Waals surface area contributed by atoms with Crippen molar-refractivity contribution in [1.82, 2.24) is 29.5 Å². The van der Waals surface area contributed by atoms with Crippen LogP contribution in [0.2, 0.25) is 0 Å². The van der Waals surface area contributed by atoms with Crippen LogP contribution in [0.4, 0.5) is 5.69 Å². The van der Waals surface area contributed by atoms with E-state index in [1.807, 2.05) is 41.0 Å². The lowest BCUT2D eigenvalue weighted by Gasteiger charge is -2.35. The van der Waals surface area contributed by atoms with Gasteiger partial charge < -0.3 is 19.7 Å². The molecule has 0 unspecified atom stereocenters. The number of nitrogens with zero attached hydrogens (tertiary/aromatic N) is 7. The highest BCUT2D eigenvalue weighted by molar-refractivity contribution is 5.98. The first-order valence-corrected chi connectivity index (χ1v) is 9.46. The molecule has 1 saturated heterocycles. The number of hydrogen-bond donors (Lipinski definition) is 1. The van der Waals surface area contributed by atoms with Gasteiger partial charge in [0.1, 0.15) is 6.54 Å². The number of aliphatic imine (C=N–C) groups is 1. The van der Waals surface area contributed by atoms with Crippen LogP contribution in [0, 0.1) is 0 Å². The number of para-hydroxylation sites is 1. The predicted octanol–water partition coefficient (Wildman–Crippen LogP) is 1.03. The van der Waals surface area contributed by atoms with E-state index in [-0.39, 0.29) is 12.5 Å². The van der Waals surface area contributed by atoms with Gasteiger partial charge in [-0.25, -0.2) is 4.98 Å². The average molecular weight is 392 g/mol. The maximum atomic E-state index is 12.7. The summed E-state index contributed by atoms with van der Waals surface area (Å²) >= 11 is 0. The largest absolute Gasteiger partial charge is 0.352 e. The van der Waals surface area contributed by atoms with Crippen LogP contribution in [0.25, 0.3) is 5.69 Å². The quantitative estimate of drug-likeness (QED) is 0.530. The Balaban J connectivity index is 1.42. The van der Waals surface area contributed by atoms with Crippen molar-refractivity contribution in [3.8, 4) is 5.69 Å². The molecule has 1 N–H and O–H groups in total. The van der Waals surface area contributed by atoms with Gasteiger partial charge in [0.2, 0.25) is 5.91 Å². The molecule has 0 saturated carbocycles. The first-order valence-electron chi connectivity index (χ1n) is 9.46. The first kappa shape index (κ1) is 18.7. The molecule has 0 aliphatic carbocycles. The maximum Gasteiger partial charge on any atom is 0.246 e. The fourth-order valence-electron chi connectivity index (χ4n) is 3.50. The van der Waals surface area contributed by atoms with Gasteiger partial charge in [0, 0.05) is 52.3 Å². The molecular formula is C20H24N8O. The van der Waals surface area contributed by atoms with Crippen molar-refractivity contribution in [1.29, 1.82) is 0 Å². The van der Waals surface area contributed by atoms with Crippen molar-refractivity contribution in [2.45, 2.75) is 6.54 Å². The predicted molar refractivity (Wildman–Crippen MR) is 111 cm³/mol. The Bertz CT molecular complexity index is 1010. The highest BCUT2D eigenvalue weighted by Crippen LogP contribution is 2.17. The Morgan fingerprint density at radius 1 is 1.28 bits per heavy atom. The monoisotopic (exact) mass is 392 g/mol. The smallest absolute Gasteiger partial charge is 0.246 e. The third-order valence-corrected chi connectivity index (χ3v) is 4.95. The van der Waals surface area contributed by atoms with E-state index in [9.17, 15) is 4.79 Å². The van der Waals surface area contributed by atoms with E-state index in [2.05, 4.69) is 32.5 Å². The Hall–Kier alpha value is -3.62. The molecule has 29 heavy (non-hydrogen) atoms. The van der Waals surface area contributed by atoms with Crippen LogP contribution < -0.4 is 10.2 Å². The van der Waals surface area contributed by atoms with Crippen LogP contribution in [0.5, 0.6) is 0 Å². The number of anilines is 1. The van der Waals surface area contributed by atoms with Gasteiger partial charge in [0.25, 0.3) is 0 Å². The molecule has 1 fully saturated rings. The van der Waals surface area contributed by atoms with Crippen LogP contribution in [-0.2, 0) is 18.4 Å². The highest BCUT2D eigenvalue weighted by atomic mass is 16.2. The van der Waals surface area contributed by atoms with Gasteiger partial charge in [-0.2, -0.15) is 5.10 Å². The number of hydrogen-bond acceptors (Lipinski definition) is 4. The third kappa shape index (κ3) is 3.98. The standard InChI is InChI=1S/C20H24N8O/c1-21-20(23-11-16-5-3-4-6-18(16)27-8-7-22-15-27)26-9-10-28(19(29)14-26)17-12-24-25(2)13-17/h3-8,12-13,15H,9-11,14H2,1-2H3,(H,21,23). The summed E-state index contributed by atoms with van der Waals surface area (Å²) in [6.45, 7) is 2.16. The summed E-state index contributed by atoms with van der Waals surface area (Å²) in [5.41, 5.74) is 3.01. The topological polar surface area (TPSA) is 83.6 Å². The second-order valence-electron chi connectivity index (χ2n) is 6.84. The van der Waals surface area contributed by atoms with Crippen molar-refractivity contribution >= 4 is 17.6 Å². The van der Waals surface area contributed by atoms with Crippen molar-refractivity contribution in [2.75, 3.05) is 31.6 Å². The van der Waals surface area contributed by atoms with Gasteiger partial charge in [0.05, 0.1) is 23.9 Å². The Morgan fingerprint density at radius 3 is 2.83 bits per heavy atom.